The maximum Gasteiger partial charge on any atom is 0.312 e. The topological polar surface area (TPSA) is 98.4 Å². The van der Waals surface area contributed by atoms with E-state index in [9.17, 15) is 15.2 Å². The summed E-state index contributed by atoms with van der Waals surface area (Å²) < 4.78 is 4.95. The van der Waals surface area contributed by atoms with E-state index in [1.807, 2.05) is 0 Å². The normalized spacial score (nSPS) is 10.3. The van der Waals surface area contributed by atoms with Crippen LogP contribution in [0.25, 0.3) is 10.9 Å². The second-order valence-corrected chi connectivity index (χ2v) is 3.00. The van der Waals surface area contributed by atoms with E-state index >= 15 is 0 Å². The Bertz CT molecular complexity index is 570. The minimum Gasteiger partial charge on any atom is -0.502 e. The molecule has 0 radical (unpaired) electrons. The van der Waals surface area contributed by atoms with E-state index in [1.165, 1.54) is 25.6 Å². The Balaban J connectivity index is 2.78. The van der Waals surface area contributed by atoms with Gasteiger partial charge in [-0.1, -0.05) is 0 Å². The highest BCUT2D eigenvalue weighted by Crippen LogP contribution is 2.32. The SMILES string of the molecule is COc1ncnc2cc([N+](=O)[O-])c(O)cc12. The van der Waals surface area contributed by atoms with E-state index in [1.54, 1.807) is 0 Å². The summed E-state index contributed by atoms with van der Waals surface area (Å²) in [4.78, 5) is 17.6. The summed E-state index contributed by atoms with van der Waals surface area (Å²) >= 11 is 0. The number of methoxy groups -OCH3 is 1. The lowest BCUT2D eigenvalue weighted by Gasteiger charge is -2.03. The van der Waals surface area contributed by atoms with Crippen LogP contribution in [-0.2, 0) is 0 Å². The van der Waals surface area contributed by atoms with Gasteiger partial charge in [0.05, 0.1) is 22.9 Å². The molecule has 82 valence electrons. The van der Waals surface area contributed by atoms with Crippen LogP contribution in [0.2, 0.25) is 0 Å². The maximum atomic E-state index is 10.6. The molecule has 0 aliphatic heterocycles. The van der Waals surface area contributed by atoms with Gasteiger partial charge < -0.3 is 9.84 Å². The van der Waals surface area contributed by atoms with Crippen molar-refractivity contribution in [3.05, 3.63) is 28.6 Å². The third-order valence-corrected chi connectivity index (χ3v) is 2.09. The minimum absolute atomic E-state index is 0.259. The van der Waals surface area contributed by atoms with Crippen molar-refractivity contribution in [3.63, 3.8) is 0 Å². The number of fused-ring (bicyclic) bond motifs is 1. The number of ether oxygens (including phenoxy) is 1. The Morgan fingerprint density at radius 3 is 2.81 bits per heavy atom. The first-order valence-electron chi connectivity index (χ1n) is 4.29. The molecule has 2 rings (SSSR count). The molecule has 0 aliphatic carbocycles. The number of aromatic nitrogens is 2. The van der Waals surface area contributed by atoms with E-state index in [2.05, 4.69) is 9.97 Å². The average Bonchev–Trinajstić information content (AvgIpc) is 2.27. The van der Waals surface area contributed by atoms with Crippen LogP contribution in [-0.4, -0.2) is 27.1 Å². The van der Waals surface area contributed by atoms with Gasteiger partial charge in [0.15, 0.2) is 5.75 Å². The van der Waals surface area contributed by atoms with Gasteiger partial charge in [0.25, 0.3) is 0 Å². The third-order valence-electron chi connectivity index (χ3n) is 2.09. The molecule has 0 saturated heterocycles. The van der Waals surface area contributed by atoms with E-state index < -0.39 is 16.4 Å². The second-order valence-electron chi connectivity index (χ2n) is 3.00. The van der Waals surface area contributed by atoms with Gasteiger partial charge >= 0.3 is 5.69 Å². The number of aromatic hydroxyl groups is 1. The first-order chi connectivity index (χ1) is 7.63. The predicted octanol–water partition coefficient (Wildman–Crippen LogP) is 1.25. The van der Waals surface area contributed by atoms with Gasteiger partial charge in [0.1, 0.15) is 6.33 Å². The summed E-state index contributed by atoms with van der Waals surface area (Å²) in [5.41, 5.74) is -0.0513. The van der Waals surface area contributed by atoms with Gasteiger partial charge in [-0.15, -0.1) is 0 Å². The smallest absolute Gasteiger partial charge is 0.312 e. The molecule has 0 fully saturated rings. The lowest BCUT2D eigenvalue weighted by Crippen LogP contribution is -1.93. The van der Waals surface area contributed by atoms with Crippen molar-refractivity contribution < 1.29 is 14.8 Å². The lowest BCUT2D eigenvalue weighted by atomic mass is 10.2. The molecule has 1 aromatic carbocycles. The number of benzene rings is 1. The van der Waals surface area contributed by atoms with Crippen LogP contribution >= 0.6 is 0 Å². The highest BCUT2D eigenvalue weighted by molar-refractivity contribution is 5.87. The summed E-state index contributed by atoms with van der Waals surface area (Å²) in [5.74, 6) is -0.180. The van der Waals surface area contributed by atoms with Gasteiger partial charge in [-0.05, 0) is 0 Å². The lowest BCUT2D eigenvalue weighted by molar-refractivity contribution is -0.385. The van der Waals surface area contributed by atoms with Crippen LogP contribution in [0.1, 0.15) is 0 Å². The molecule has 1 heterocycles. The number of nitrogens with zero attached hydrogens (tertiary/aromatic N) is 3. The number of phenolic OH excluding ortho intramolecular Hbond substituents is 1. The number of hydrogen-bond donors (Lipinski definition) is 1. The Morgan fingerprint density at radius 1 is 1.44 bits per heavy atom. The predicted molar refractivity (Wildman–Crippen MR) is 54.4 cm³/mol. The molecule has 0 spiro atoms. The molecule has 16 heavy (non-hydrogen) atoms. The Labute approximate surface area is 89.5 Å². The van der Waals surface area contributed by atoms with Crippen molar-refractivity contribution in [2.75, 3.05) is 7.11 Å². The number of hydrogen-bond acceptors (Lipinski definition) is 6. The number of phenols is 1. The van der Waals surface area contributed by atoms with E-state index in [-0.39, 0.29) is 5.88 Å². The van der Waals surface area contributed by atoms with Crippen molar-refractivity contribution in [2.24, 2.45) is 0 Å². The zero-order valence-electron chi connectivity index (χ0n) is 8.25. The fourth-order valence-electron chi connectivity index (χ4n) is 1.37. The number of nitro benzene ring substituents is 1. The zero-order chi connectivity index (χ0) is 11.7. The summed E-state index contributed by atoms with van der Waals surface area (Å²) in [6, 6.07) is 2.39. The van der Waals surface area contributed by atoms with Gasteiger partial charge in [0.2, 0.25) is 5.88 Å². The summed E-state index contributed by atoms with van der Waals surface area (Å²) in [7, 11) is 1.42. The Hall–Kier alpha value is -2.44. The quantitative estimate of drug-likeness (QED) is 0.605. The summed E-state index contributed by atoms with van der Waals surface area (Å²) in [6.07, 6.45) is 1.24. The molecular formula is C9H7N3O4. The average molecular weight is 221 g/mol. The summed E-state index contributed by atoms with van der Waals surface area (Å²) in [6.45, 7) is 0. The molecule has 1 N–H and O–H groups in total. The number of rotatable bonds is 2. The molecular weight excluding hydrogens is 214 g/mol. The third kappa shape index (κ3) is 1.48. The van der Waals surface area contributed by atoms with Crippen LogP contribution in [0.15, 0.2) is 18.5 Å². The molecule has 0 aliphatic rings. The molecule has 0 unspecified atom stereocenters. The van der Waals surface area contributed by atoms with Crippen LogP contribution in [0.3, 0.4) is 0 Å². The van der Waals surface area contributed by atoms with Gasteiger partial charge in [-0.25, -0.2) is 9.97 Å². The molecule has 0 atom stereocenters. The molecule has 2 aromatic rings. The van der Waals surface area contributed by atoms with Crippen LogP contribution in [0.5, 0.6) is 11.6 Å². The first kappa shape index (κ1) is 10.1. The van der Waals surface area contributed by atoms with E-state index in [0.717, 1.165) is 0 Å². The fourth-order valence-corrected chi connectivity index (χ4v) is 1.37. The first-order valence-corrected chi connectivity index (χ1v) is 4.29. The molecule has 0 bridgehead atoms. The summed E-state index contributed by atoms with van der Waals surface area (Å²) in [5, 5.41) is 20.5. The van der Waals surface area contributed by atoms with Gasteiger partial charge in [-0.3, -0.25) is 10.1 Å². The Morgan fingerprint density at radius 2 is 2.19 bits per heavy atom. The fraction of sp³-hybridized carbons (Fsp3) is 0.111. The zero-order valence-corrected chi connectivity index (χ0v) is 8.25. The highest BCUT2D eigenvalue weighted by Gasteiger charge is 2.16. The van der Waals surface area contributed by atoms with Gasteiger partial charge in [0, 0.05) is 12.1 Å². The standard InChI is InChI=1S/C9H7N3O4/c1-16-9-5-2-8(13)7(12(14)15)3-6(5)10-4-11-9/h2-4,13H,1H3. The maximum absolute atomic E-state index is 10.6. The van der Waals surface area contributed by atoms with Crippen LogP contribution in [0.4, 0.5) is 5.69 Å². The Kier molecular flexibility index (Phi) is 2.28. The van der Waals surface area contributed by atoms with Crippen molar-refractivity contribution in [3.8, 4) is 11.6 Å². The van der Waals surface area contributed by atoms with Crippen molar-refractivity contribution in [2.45, 2.75) is 0 Å². The van der Waals surface area contributed by atoms with Crippen LogP contribution in [0, 0.1) is 10.1 Å². The molecule has 7 heteroatoms. The van der Waals surface area contributed by atoms with E-state index in [4.69, 9.17) is 4.74 Å². The molecule has 7 nitrogen and oxygen atoms in total. The minimum atomic E-state index is -0.677. The van der Waals surface area contributed by atoms with Crippen LogP contribution < -0.4 is 4.74 Å². The van der Waals surface area contributed by atoms with Gasteiger partial charge in [-0.2, -0.15) is 0 Å². The highest BCUT2D eigenvalue weighted by atomic mass is 16.6. The largest absolute Gasteiger partial charge is 0.502 e. The van der Waals surface area contributed by atoms with Crippen molar-refractivity contribution in [1.29, 1.82) is 0 Å². The van der Waals surface area contributed by atoms with Crippen molar-refractivity contribution >= 4 is 16.6 Å². The molecule has 1 aromatic heterocycles. The van der Waals surface area contributed by atoms with E-state index in [0.29, 0.717) is 10.9 Å². The molecule has 0 amide bonds. The monoisotopic (exact) mass is 221 g/mol. The second kappa shape index (κ2) is 3.61. The van der Waals surface area contributed by atoms with Crippen molar-refractivity contribution in [1.82, 2.24) is 9.97 Å². The number of nitro groups is 1. The molecule has 0 saturated carbocycles.